The van der Waals surface area contributed by atoms with Gasteiger partial charge in [-0.1, -0.05) is 11.6 Å². The van der Waals surface area contributed by atoms with Crippen molar-refractivity contribution in [2.45, 2.75) is 6.92 Å². The minimum atomic E-state index is -0.791. The van der Waals surface area contributed by atoms with Gasteiger partial charge in [-0.25, -0.2) is 0 Å². The summed E-state index contributed by atoms with van der Waals surface area (Å²) in [5.74, 6) is -0.286. The molecule has 0 unspecified atom stereocenters. The van der Waals surface area contributed by atoms with Crippen molar-refractivity contribution in [2.24, 2.45) is 5.10 Å². The molecule has 20 heavy (non-hydrogen) atoms. The van der Waals surface area contributed by atoms with Crippen LogP contribution in [0.5, 0.6) is 5.75 Å². The SMILES string of the molecule is Cc1n[nH]c(=S)n1/N=C\c1cc(Cl)cc([N+](=O)[O-])c1[O-]. The average Bonchev–Trinajstić information content (AvgIpc) is 2.69. The molecule has 0 saturated heterocycles. The molecule has 2 aromatic rings. The molecule has 1 aromatic heterocycles. The minimum absolute atomic E-state index is 0.00769. The van der Waals surface area contributed by atoms with E-state index in [1.807, 2.05) is 0 Å². The molecular weight excluding hydrogens is 306 g/mol. The second-order valence-corrected chi connectivity index (χ2v) is 4.56. The number of rotatable bonds is 3. The van der Waals surface area contributed by atoms with E-state index in [1.165, 1.54) is 10.7 Å². The van der Waals surface area contributed by atoms with E-state index in [4.69, 9.17) is 23.8 Å². The van der Waals surface area contributed by atoms with Gasteiger partial charge in [0.15, 0.2) is 0 Å². The van der Waals surface area contributed by atoms with Crippen molar-refractivity contribution in [1.82, 2.24) is 14.9 Å². The van der Waals surface area contributed by atoms with E-state index in [9.17, 15) is 15.2 Å². The van der Waals surface area contributed by atoms with Gasteiger partial charge in [0, 0.05) is 11.1 Å². The van der Waals surface area contributed by atoms with Crippen LogP contribution in [-0.4, -0.2) is 26.0 Å². The number of nitrogens with one attached hydrogen (secondary N) is 1. The lowest BCUT2D eigenvalue weighted by Crippen LogP contribution is -2.03. The fraction of sp³-hybridized carbons (Fsp3) is 0.100. The zero-order chi connectivity index (χ0) is 14.9. The lowest BCUT2D eigenvalue weighted by atomic mass is 10.2. The van der Waals surface area contributed by atoms with Crippen LogP contribution in [0.3, 0.4) is 0 Å². The van der Waals surface area contributed by atoms with Crippen molar-refractivity contribution in [2.75, 3.05) is 0 Å². The van der Waals surface area contributed by atoms with Crippen LogP contribution in [0.2, 0.25) is 5.02 Å². The highest BCUT2D eigenvalue weighted by Crippen LogP contribution is 2.29. The first-order chi connectivity index (χ1) is 9.40. The van der Waals surface area contributed by atoms with Gasteiger partial charge in [0.2, 0.25) is 4.77 Å². The maximum atomic E-state index is 11.8. The Labute approximate surface area is 122 Å². The summed E-state index contributed by atoms with van der Waals surface area (Å²) in [5, 5.41) is 33.0. The lowest BCUT2D eigenvalue weighted by molar-refractivity contribution is -0.398. The van der Waals surface area contributed by atoms with Crippen molar-refractivity contribution in [1.29, 1.82) is 0 Å². The van der Waals surface area contributed by atoms with Crippen LogP contribution >= 0.6 is 23.8 Å². The van der Waals surface area contributed by atoms with Crippen LogP contribution < -0.4 is 5.11 Å². The Bertz CT molecular complexity index is 767. The van der Waals surface area contributed by atoms with Crippen LogP contribution in [0.1, 0.15) is 11.4 Å². The summed E-state index contributed by atoms with van der Waals surface area (Å²) in [5.41, 5.74) is -0.613. The van der Waals surface area contributed by atoms with E-state index in [-0.39, 0.29) is 15.4 Å². The number of benzene rings is 1. The van der Waals surface area contributed by atoms with Gasteiger partial charge in [-0.05, 0) is 36.5 Å². The first-order valence-electron chi connectivity index (χ1n) is 5.23. The fourth-order valence-electron chi connectivity index (χ4n) is 1.46. The first kappa shape index (κ1) is 14.2. The Balaban J connectivity index is 2.49. The lowest BCUT2D eigenvalue weighted by Gasteiger charge is -2.10. The molecule has 1 heterocycles. The molecule has 0 saturated carbocycles. The monoisotopic (exact) mass is 312 g/mol. The summed E-state index contributed by atoms with van der Waals surface area (Å²) in [7, 11) is 0. The van der Waals surface area contributed by atoms with Crippen molar-refractivity contribution in [3.63, 3.8) is 0 Å². The Hall–Kier alpha value is -2.26. The smallest absolute Gasteiger partial charge is 0.263 e. The molecule has 0 spiro atoms. The van der Waals surface area contributed by atoms with Crippen molar-refractivity contribution in [3.05, 3.63) is 43.4 Å². The predicted octanol–water partition coefficient (Wildman–Crippen LogP) is 1.77. The maximum Gasteiger partial charge on any atom is 0.263 e. The second-order valence-electron chi connectivity index (χ2n) is 3.73. The van der Waals surface area contributed by atoms with Gasteiger partial charge in [0.1, 0.15) is 5.82 Å². The first-order valence-corrected chi connectivity index (χ1v) is 6.02. The molecule has 1 aromatic carbocycles. The standard InChI is InChI=1S/C10H8ClN5O3S/c1-5-13-14-10(20)15(5)12-4-6-2-7(11)3-8(9(6)17)16(18)19/h2-4,17H,1H3,(H,14,20)/p-1/b12-4-. The molecule has 0 radical (unpaired) electrons. The number of halogens is 1. The predicted molar refractivity (Wildman–Crippen MR) is 72.7 cm³/mol. The minimum Gasteiger partial charge on any atom is -0.867 e. The summed E-state index contributed by atoms with van der Waals surface area (Å²) in [4.78, 5) is 9.94. The summed E-state index contributed by atoms with van der Waals surface area (Å²) in [6.45, 7) is 1.65. The molecule has 0 aliphatic heterocycles. The van der Waals surface area contributed by atoms with Crippen molar-refractivity contribution in [3.8, 4) is 5.75 Å². The van der Waals surface area contributed by atoms with Crippen LogP contribution in [-0.2, 0) is 0 Å². The van der Waals surface area contributed by atoms with E-state index in [1.54, 1.807) is 6.92 Å². The number of nitro benzene ring substituents is 1. The number of aryl methyl sites for hydroxylation is 1. The normalized spacial score (nSPS) is 11.1. The van der Waals surface area contributed by atoms with E-state index < -0.39 is 16.4 Å². The number of H-pyrrole nitrogens is 1. The molecule has 0 aliphatic rings. The summed E-state index contributed by atoms with van der Waals surface area (Å²) in [6, 6.07) is 2.29. The van der Waals surface area contributed by atoms with Crippen LogP contribution in [0.15, 0.2) is 17.2 Å². The number of nitro groups is 1. The largest absolute Gasteiger partial charge is 0.867 e. The number of aromatic amines is 1. The van der Waals surface area contributed by atoms with Gasteiger partial charge in [-0.2, -0.15) is 14.9 Å². The number of hydrogen-bond acceptors (Lipinski definition) is 6. The molecule has 2 rings (SSSR count). The Morgan fingerprint density at radius 2 is 2.30 bits per heavy atom. The molecule has 0 bridgehead atoms. The zero-order valence-corrected chi connectivity index (χ0v) is 11.6. The van der Waals surface area contributed by atoms with Gasteiger partial charge < -0.3 is 5.11 Å². The zero-order valence-electron chi connectivity index (χ0n) is 10.0. The summed E-state index contributed by atoms with van der Waals surface area (Å²) >= 11 is 10.7. The molecule has 10 heteroatoms. The molecule has 8 nitrogen and oxygen atoms in total. The van der Waals surface area contributed by atoms with E-state index in [0.29, 0.717) is 5.82 Å². The summed E-state index contributed by atoms with van der Waals surface area (Å²) in [6.07, 6.45) is 1.15. The Kier molecular flexibility index (Phi) is 3.81. The van der Waals surface area contributed by atoms with Crippen LogP contribution in [0.4, 0.5) is 5.69 Å². The van der Waals surface area contributed by atoms with Gasteiger partial charge >= 0.3 is 0 Å². The van der Waals surface area contributed by atoms with Crippen molar-refractivity contribution < 1.29 is 10.0 Å². The van der Waals surface area contributed by atoms with Gasteiger partial charge in [0.25, 0.3) is 5.69 Å². The number of hydrogen-bond donors (Lipinski definition) is 1. The van der Waals surface area contributed by atoms with Crippen molar-refractivity contribution >= 4 is 35.7 Å². The maximum absolute atomic E-state index is 11.8. The quantitative estimate of drug-likeness (QED) is 0.401. The van der Waals surface area contributed by atoms with Crippen LogP contribution in [0.25, 0.3) is 0 Å². The molecule has 0 atom stereocenters. The fourth-order valence-corrected chi connectivity index (χ4v) is 1.90. The van der Waals surface area contributed by atoms with E-state index >= 15 is 0 Å². The van der Waals surface area contributed by atoms with Crippen LogP contribution in [0, 0.1) is 21.8 Å². The molecular formula is C10H7ClN5O3S-. The number of nitrogens with zero attached hydrogens (tertiary/aromatic N) is 4. The van der Waals surface area contributed by atoms with E-state index in [0.717, 1.165) is 12.3 Å². The van der Waals surface area contributed by atoms with Gasteiger partial charge in [-0.3, -0.25) is 15.2 Å². The summed E-state index contributed by atoms with van der Waals surface area (Å²) < 4.78 is 1.52. The molecule has 1 N–H and O–H groups in total. The highest BCUT2D eigenvalue weighted by Gasteiger charge is 2.11. The Morgan fingerprint density at radius 3 is 2.85 bits per heavy atom. The molecule has 0 fully saturated rings. The molecule has 0 amide bonds. The molecule has 104 valence electrons. The third kappa shape index (κ3) is 2.68. The highest BCUT2D eigenvalue weighted by molar-refractivity contribution is 7.71. The third-order valence-electron chi connectivity index (χ3n) is 2.38. The van der Waals surface area contributed by atoms with Gasteiger partial charge in [-0.15, -0.1) is 0 Å². The topological polar surface area (TPSA) is 112 Å². The Morgan fingerprint density at radius 1 is 1.60 bits per heavy atom. The van der Waals surface area contributed by atoms with E-state index in [2.05, 4.69) is 15.3 Å². The third-order valence-corrected chi connectivity index (χ3v) is 2.87. The number of aromatic nitrogens is 3. The average molecular weight is 313 g/mol. The molecule has 0 aliphatic carbocycles. The highest BCUT2D eigenvalue weighted by atomic mass is 35.5. The van der Waals surface area contributed by atoms with Gasteiger partial charge in [0.05, 0.1) is 11.1 Å². The second kappa shape index (κ2) is 5.39.